The summed E-state index contributed by atoms with van der Waals surface area (Å²) in [7, 11) is 1.66. The Balaban J connectivity index is 1.63. The van der Waals surface area contributed by atoms with Crippen LogP contribution in [0, 0.1) is 0 Å². The molecule has 1 aliphatic heterocycles. The van der Waals surface area contributed by atoms with Crippen LogP contribution in [0.2, 0.25) is 5.02 Å². The van der Waals surface area contributed by atoms with Crippen molar-refractivity contribution in [2.24, 2.45) is 0 Å². The van der Waals surface area contributed by atoms with Crippen LogP contribution in [-0.2, 0) is 12.8 Å². The predicted octanol–water partition coefficient (Wildman–Crippen LogP) is 5.07. The standard InChI is InChI=1S/C23H32ClN3O2/c1-15(2)25-23-17-9-6-8-16(17)20-18(26-23)14-19(22(28-3)21(20)24)29-13-7-12-27-10-4-5-11-27/h14-15H,4-13H2,1-3H3,(H,25,26). The molecule has 1 N–H and O–H groups in total. The molecule has 0 atom stereocenters. The molecule has 4 rings (SSSR count). The van der Waals surface area contributed by atoms with Crippen LogP contribution in [0.1, 0.15) is 50.7 Å². The minimum atomic E-state index is 0.333. The highest BCUT2D eigenvalue weighted by Crippen LogP contribution is 2.45. The van der Waals surface area contributed by atoms with Gasteiger partial charge in [-0.3, -0.25) is 0 Å². The smallest absolute Gasteiger partial charge is 0.180 e. The third-order valence-electron chi connectivity index (χ3n) is 5.91. The van der Waals surface area contributed by atoms with Crippen LogP contribution in [-0.4, -0.2) is 49.3 Å². The first-order valence-corrected chi connectivity index (χ1v) is 11.3. The third-order valence-corrected chi connectivity index (χ3v) is 6.27. The highest BCUT2D eigenvalue weighted by atomic mass is 35.5. The summed E-state index contributed by atoms with van der Waals surface area (Å²) in [4.78, 5) is 7.44. The molecule has 0 amide bonds. The second-order valence-electron chi connectivity index (χ2n) is 8.44. The Morgan fingerprint density at radius 1 is 1.17 bits per heavy atom. The monoisotopic (exact) mass is 417 g/mol. The Morgan fingerprint density at radius 3 is 2.66 bits per heavy atom. The Bertz CT molecular complexity index is 879. The van der Waals surface area contributed by atoms with Crippen LogP contribution in [0.25, 0.3) is 10.9 Å². The number of hydrogen-bond acceptors (Lipinski definition) is 5. The number of hydrogen-bond donors (Lipinski definition) is 1. The predicted molar refractivity (Wildman–Crippen MR) is 120 cm³/mol. The van der Waals surface area contributed by atoms with E-state index in [1.807, 2.05) is 6.07 Å². The maximum absolute atomic E-state index is 6.83. The fraction of sp³-hybridized carbons (Fsp3) is 0.609. The summed E-state index contributed by atoms with van der Waals surface area (Å²) in [6, 6.07) is 2.33. The molecule has 29 heavy (non-hydrogen) atoms. The average Bonchev–Trinajstić information content (AvgIpc) is 3.37. The van der Waals surface area contributed by atoms with E-state index in [2.05, 4.69) is 24.1 Å². The Morgan fingerprint density at radius 2 is 1.93 bits per heavy atom. The maximum Gasteiger partial charge on any atom is 0.180 e. The van der Waals surface area contributed by atoms with Gasteiger partial charge in [0.15, 0.2) is 11.5 Å². The lowest BCUT2D eigenvalue weighted by molar-refractivity contribution is 0.254. The van der Waals surface area contributed by atoms with Crippen LogP contribution in [0.3, 0.4) is 0 Å². The van der Waals surface area contributed by atoms with Gasteiger partial charge in [-0.1, -0.05) is 11.6 Å². The molecule has 0 saturated carbocycles. The lowest BCUT2D eigenvalue weighted by atomic mass is 10.0. The van der Waals surface area contributed by atoms with E-state index in [1.54, 1.807) is 7.11 Å². The zero-order valence-corrected chi connectivity index (χ0v) is 18.6. The minimum Gasteiger partial charge on any atom is -0.491 e. The number of aromatic nitrogens is 1. The lowest BCUT2D eigenvalue weighted by Crippen LogP contribution is -2.22. The number of rotatable bonds is 8. The number of pyridine rings is 1. The van der Waals surface area contributed by atoms with Crippen LogP contribution in [0.4, 0.5) is 5.82 Å². The van der Waals surface area contributed by atoms with Crippen molar-refractivity contribution in [1.82, 2.24) is 9.88 Å². The highest BCUT2D eigenvalue weighted by molar-refractivity contribution is 6.37. The van der Waals surface area contributed by atoms with Crippen molar-refractivity contribution < 1.29 is 9.47 Å². The van der Waals surface area contributed by atoms with E-state index >= 15 is 0 Å². The summed E-state index contributed by atoms with van der Waals surface area (Å²) in [6.45, 7) is 8.44. The number of ether oxygens (including phenoxy) is 2. The van der Waals surface area contributed by atoms with Crippen LogP contribution >= 0.6 is 11.6 Å². The SMILES string of the molecule is COc1c(OCCCN2CCCC2)cc2nc(NC(C)C)c3c(c2c1Cl)CCC3. The zero-order valence-electron chi connectivity index (χ0n) is 17.8. The molecule has 1 aliphatic carbocycles. The summed E-state index contributed by atoms with van der Waals surface area (Å²) in [5, 5.41) is 5.17. The van der Waals surface area contributed by atoms with Crippen molar-refractivity contribution in [3.05, 3.63) is 22.2 Å². The number of benzene rings is 1. The van der Waals surface area contributed by atoms with E-state index in [0.717, 1.165) is 48.9 Å². The van der Waals surface area contributed by atoms with E-state index in [0.29, 0.717) is 29.2 Å². The van der Waals surface area contributed by atoms with Crippen molar-refractivity contribution in [2.75, 3.05) is 38.7 Å². The number of anilines is 1. The van der Waals surface area contributed by atoms with Crippen LogP contribution in [0.5, 0.6) is 11.5 Å². The van der Waals surface area contributed by atoms with Gasteiger partial charge in [0.25, 0.3) is 0 Å². The normalized spacial score (nSPS) is 16.6. The quantitative estimate of drug-likeness (QED) is 0.607. The molecular weight excluding hydrogens is 386 g/mol. The zero-order chi connectivity index (χ0) is 20.4. The molecule has 2 aromatic rings. The fourth-order valence-corrected chi connectivity index (χ4v) is 4.99. The summed E-state index contributed by atoms with van der Waals surface area (Å²) < 4.78 is 11.8. The second kappa shape index (κ2) is 8.97. The largest absolute Gasteiger partial charge is 0.491 e. The van der Waals surface area contributed by atoms with Crippen molar-refractivity contribution >= 4 is 28.3 Å². The number of methoxy groups -OCH3 is 1. The van der Waals surface area contributed by atoms with Gasteiger partial charge in [-0.2, -0.15) is 0 Å². The molecule has 6 heteroatoms. The molecule has 158 valence electrons. The Kier molecular flexibility index (Phi) is 6.35. The first-order valence-electron chi connectivity index (χ1n) is 10.9. The molecule has 2 heterocycles. The van der Waals surface area contributed by atoms with Gasteiger partial charge in [0.1, 0.15) is 5.82 Å². The molecule has 0 bridgehead atoms. The van der Waals surface area contributed by atoms with Crippen molar-refractivity contribution in [3.63, 3.8) is 0 Å². The van der Waals surface area contributed by atoms with Crippen LogP contribution in [0.15, 0.2) is 6.07 Å². The third kappa shape index (κ3) is 4.26. The molecule has 5 nitrogen and oxygen atoms in total. The molecular formula is C23H32ClN3O2. The van der Waals surface area contributed by atoms with Crippen LogP contribution < -0.4 is 14.8 Å². The number of halogens is 1. The van der Waals surface area contributed by atoms with E-state index in [-0.39, 0.29) is 0 Å². The molecule has 0 spiro atoms. The molecule has 0 unspecified atom stereocenters. The van der Waals surface area contributed by atoms with Gasteiger partial charge >= 0.3 is 0 Å². The van der Waals surface area contributed by atoms with Gasteiger partial charge in [-0.05, 0) is 76.6 Å². The maximum atomic E-state index is 6.83. The number of nitrogens with zero attached hydrogens (tertiary/aromatic N) is 2. The van der Waals surface area contributed by atoms with E-state index < -0.39 is 0 Å². The first-order chi connectivity index (χ1) is 14.1. The molecule has 1 aromatic heterocycles. The highest BCUT2D eigenvalue weighted by Gasteiger charge is 2.25. The average molecular weight is 418 g/mol. The molecule has 0 radical (unpaired) electrons. The molecule has 1 saturated heterocycles. The van der Waals surface area contributed by atoms with Gasteiger partial charge in [-0.25, -0.2) is 4.98 Å². The van der Waals surface area contributed by atoms with E-state index in [1.165, 1.54) is 37.1 Å². The summed E-state index contributed by atoms with van der Waals surface area (Å²) in [5.41, 5.74) is 3.49. The number of nitrogens with one attached hydrogen (secondary N) is 1. The summed E-state index contributed by atoms with van der Waals surface area (Å²) in [5.74, 6) is 2.30. The van der Waals surface area contributed by atoms with Crippen molar-refractivity contribution in [1.29, 1.82) is 0 Å². The first kappa shape index (κ1) is 20.5. The fourth-order valence-electron chi connectivity index (χ4n) is 4.61. The number of fused-ring (bicyclic) bond motifs is 3. The Labute approximate surface area is 178 Å². The number of aryl methyl sites for hydroxylation is 1. The van der Waals surface area contributed by atoms with Crippen molar-refractivity contribution in [2.45, 2.75) is 58.4 Å². The van der Waals surface area contributed by atoms with Gasteiger partial charge in [0.2, 0.25) is 0 Å². The summed E-state index contributed by atoms with van der Waals surface area (Å²) >= 11 is 6.83. The molecule has 2 aliphatic rings. The van der Waals surface area contributed by atoms with Gasteiger partial charge in [-0.15, -0.1) is 0 Å². The van der Waals surface area contributed by atoms with E-state index in [4.69, 9.17) is 26.1 Å². The minimum absolute atomic E-state index is 0.333. The molecule has 1 aromatic carbocycles. The van der Waals surface area contributed by atoms with E-state index in [9.17, 15) is 0 Å². The second-order valence-corrected chi connectivity index (χ2v) is 8.81. The van der Waals surface area contributed by atoms with Gasteiger partial charge < -0.3 is 19.7 Å². The van der Waals surface area contributed by atoms with Gasteiger partial charge in [0, 0.05) is 24.0 Å². The lowest BCUT2D eigenvalue weighted by Gasteiger charge is -2.19. The van der Waals surface area contributed by atoms with Gasteiger partial charge in [0.05, 0.1) is 24.3 Å². The Hall–Kier alpha value is -1.72. The summed E-state index contributed by atoms with van der Waals surface area (Å²) in [6.07, 6.45) is 6.84. The topological polar surface area (TPSA) is 46.6 Å². The number of likely N-dealkylation sites (tertiary alicyclic amines) is 1. The van der Waals surface area contributed by atoms with Crippen molar-refractivity contribution in [3.8, 4) is 11.5 Å². The molecule has 1 fully saturated rings.